The first kappa shape index (κ1) is 30.2. The normalized spacial score (nSPS) is 12.2. The van der Waals surface area contributed by atoms with Crippen molar-refractivity contribution in [2.75, 3.05) is 4.90 Å². The summed E-state index contributed by atoms with van der Waals surface area (Å²) >= 11 is 0. The molecule has 224 valence electrons. The van der Waals surface area contributed by atoms with Gasteiger partial charge >= 0.3 is 0 Å². The predicted molar refractivity (Wildman–Crippen MR) is 187 cm³/mol. The molecule has 0 heterocycles. The zero-order valence-electron chi connectivity index (χ0n) is 24.9. The molecule has 6 rings (SSSR count). The van der Waals surface area contributed by atoms with Crippen LogP contribution < -0.4 is 4.90 Å². The molecule has 0 spiro atoms. The van der Waals surface area contributed by atoms with Crippen molar-refractivity contribution in [2.45, 2.75) is 0 Å². The van der Waals surface area contributed by atoms with Crippen molar-refractivity contribution < 1.29 is 13.2 Å². The van der Waals surface area contributed by atoms with Gasteiger partial charge in [-0.05, 0) is 71.3 Å². The second kappa shape index (κ2) is 14.3. The van der Waals surface area contributed by atoms with Gasteiger partial charge in [0.05, 0.1) is 0 Å². The quantitative estimate of drug-likeness (QED) is 0.148. The van der Waals surface area contributed by atoms with Crippen LogP contribution in [0.2, 0.25) is 0 Å². The van der Waals surface area contributed by atoms with Gasteiger partial charge in [0.2, 0.25) is 0 Å². The third kappa shape index (κ3) is 7.43. The molecule has 4 heteroatoms. The maximum Gasteiger partial charge on any atom is 0.131 e. The molecule has 0 aliphatic rings. The number of halogens is 3. The highest BCUT2D eigenvalue weighted by molar-refractivity contribution is 5.83. The molecule has 0 saturated carbocycles. The van der Waals surface area contributed by atoms with E-state index in [2.05, 4.69) is 0 Å². The smallest absolute Gasteiger partial charge is 0.131 e. The van der Waals surface area contributed by atoms with Crippen molar-refractivity contribution in [3.05, 3.63) is 197 Å². The van der Waals surface area contributed by atoms with Crippen LogP contribution in [0.4, 0.5) is 30.2 Å². The van der Waals surface area contributed by atoms with Gasteiger partial charge in [0.1, 0.15) is 17.5 Å². The van der Waals surface area contributed by atoms with Crippen molar-refractivity contribution in [2.24, 2.45) is 0 Å². The lowest BCUT2D eigenvalue weighted by Crippen LogP contribution is -2.09. The first-order valence-electron chi connectivity index (χ1n) is 14.9. The molecule has 6 aromatic carbocycles. The molecule has 0 aliphatic heterocycles. The third-order valence-electron chi connectivity index (χ3n) is 7.48. The van der Waals surface area contributed by atoms with Crippen molar-refractivity contribution in [1.82, 2.24) is 0 Å². The lowest BCUT2D eigenvalue weighted by atomic mass is 10.1. The Morgan fingerprint density at radius 3 is 0.804 bits per heavy atom. The van der Waals surface area contributed by atoms with Crippen LogP contribution in [0, 0.1) is 0 Å². The minimum absolute atomic E-state index is 0.317. The number of benzene rings is 6. The first-order chi connectivity index (χ1) is 22.5. The van der Waals surface area contributed by atoms with Gasteiger partial charge in [0, 0.05) is 33.8 Å². The van der Waals surface area contributed by atoms with Gasteiger partial charge in [-0.1, -0.05) is 127 Å². The van der Waals surface area contributed by atoms with E-state index in [0.29, 0.717) is 16.7 Å². The van der Waals surface area contributed by atoms with Gasteiger partial charge < -0.3 is 4.90 Å². The molecule has 0 atom stereocenters. The van der Waals surface area contributed by atoms with E-state index in [1.807, 2.05) is 95.9 Å². The molecule has 0 aliphatic carbocycles. The minimum Gasteiger partial charge on any atom is -0.311 e. The topological polar surface area (TPSA) is 3.24 Å². The van der Waals surface area contributed by atoms with Crippen molar-refractivity contribution in [3.8, 4) is 0 Å². The SMILES string of the molecule is FC(=Cc1ccc(N(c2ccc(C=C(F)c3ccccc3)cc2)c2ccc(C=C(F)c3ccccc3)cc2)cc1)c1ccccc1. The standard InChI is InChI=1S/C42H30F3N/c43-40(34-10-4-1-5-11-34)28-31-16-22-37(23-17-31)46(38-24-18-32(19-25-38)29-41(44)35-12-6-2-7-13-35)39-26-20-33(21-27-39)30-42(45)36-14-8-3-9-15-36/h1-30H. The first-order valence-corrected chi connectivity index (χ1v) is 14.9. The second-order valence-electron chi connectivity index (χ2n) is 10.7. The average Bonchev–Trinajstić information content (AvgIpc) is 3.11. The number of rotatable bonds is 9. The molecule has 0 N–H and O–H groups in total. The Balaban J connectivity index is 1.32. The summed E-state index contributed by atoms with van der Waals surface area (Å²) in [5, 5.41) is 0. The summed E-state index contributed by atoms with van der Waals surface area (Å²) < 4.78 is 44.6. The maximum atomic E-state index is 14.9. The molecule has 0 amide bonds. The summed E-state index contributed by atoms with van der Waals surface area (Å²) in [7, 11) is 0. The molecule has 0 saturated heterocycles. The predicted octanol–water partition coefficient (Wildman–Crippen LogP) is 12.6. The van der Waals surface area contributed by atoms with Gasteiger partial charge in [-0.2, -0.15) is 0 Å². The van der Waals surface area contributed by atoms with Gasteiger partial charge in [0.25, 0.3) is 0 Å². The highest BCUT2D eigenvalue weighted by atomic mass is 19.1. The zero-order valence-corrected chi connectivity index (χ0v) is 24.9. The summed E-state index contributed by atoms with van der Waals surface area (Å²) in [6.07, 6.45) is 4.52. The van der Waals surface area contributed by atoms with E-state index in [9.17, 15) is 13.2 Å². The third-order valence-corrected chi connectivity index (χ3v) is 7.48. The Labute approximate surface area is 267 Å². The highest BCUT2D eigenvalue weighted by Crippen LogP contribution is 2.36. The maximum absolute atomic E-state index is 14.9. The van der Waals surface area contributed by atoms with Crippen LogP contribution in [0.3, 0.4) is 0 Å². The zero-order chi connectivity index (χ0) is 31.7. The Morgan fingerprint density at radius 1 is 0.326 bits per heavy atom. The number of nitrogens with zero attached hydrogens (tertiary/aromatic N) is 1. The molecular formula is C42H30F3N. The van der Waals surface area contributed by atoms with E-state index >= 15 is 0 Å². The number of hydrogen-bond donors (Lipinski definition) is 0. The Hall–Kier alpha value is -5.87. The lowest BCUT2D eigenvalue weighted by molar-refractivity contribution is 0.765. The van der Waals surface area contributed by atoms with E-state index in [4.69, 9.17) is 0 Å². The molecule has 0 unspecified atom stereocenters. The summed E-state index contributed by atoms with van der Waals surface area (Å²) in [4.78, 5) is 2.04. The fraction of sp³-hybridized carbons (Fsp3) is 0. The Kier molecular flexibility index (Phi) is 9.36. The van der Waals surface area contributed by atoms with Crippen molar-refractivity contribution >= 4 is 52.8 Å². The van der Waals surface area contributed by atoms with Crippen LogP contribution in [0.15, 0.2) is 164 Å². The minimum atomic E-state index is -0.317. The second-order valence-corrected chi connectivity index (χ2v) is 10.7. The van der Waals surface area contributed by atoms with Gasteiger partial charge in [-0.25, -0.2) is 13.2 Å². The molecule has 46 heavy (non-hydrogen) atoms. The summed E-state index contributed by atoms with van der Waals surface area (Å²) in [6.45, 7) is 0. The van der Waals surface area contributed by atoms with E-state index < -0.39 is 0 Å². The van der Waals surface area contributed by atoms with Crippen LogP contribution in [-0.2, 0) is 0 Å². The molecule has 6 aromatic rings. The summed E-state index contributed by atoms with van der Waals surface area (Å²) in [5.74, 6) is -0.950. The van der Waals surface area contributed by atoms with Crippen LogP contribution in [0.1, 0.15) is 33.4 Å². The van der Waals surface area contributed by atoms with Gasteiger partial charge in [-0.3, -0.25) is 0 Å². The Morgan fingerprint density at radius 2 is 0.565 bits per heavy atom. The van der Waals surface area contributed by atoms with E-state index in [1.54, 1.807) is 72.8 Å². The van der Waals surface area contributed by atoms with Crippen molar-refractivity contribution in [3.63, 3.8) is 0 Å². The fourth-order valence-corrected chi connectivity index (χ4v) is 5.09. The fourth-order valence-electron chi connectivity index (χ4n) is 5.09. The summed E-state index contributed by atoms with van der Waals surface area (Å²) in [5.41, 5.74) is 6.24. The Bertz CT molecular complexity index is 1730. The molecule has 1 nitrogen and oxygen atoms in total. The largest absolute Gasteiger partial charge is 0.311 e. The molecule has 0 bridgehead atoms. The molecule has 0 radical (unpaired) electrons. The van der Waals surface area contributed by atoms with Gasteiger partial charge in [0.15, 0.2) is 0 Å². The van der Waals surface area contributed by atoms with E-state index in [0.717, 1.165) is 33.8 Å². The van der Waals surface area contributed by atoms with E-state index in [-0.39, 0.29) is 17.5 Å². The lowest BCUT2D eigenvalue weighted by Gasteiger charge is -2.26. The van der Waals surface area contributed by atoms with Gasteiger partial charge in [-0.15, -0.1) is 0 Å². The molecule has 0 fully saturated rings. The average molecular weight is 606 g/mol. The van der Waals surface area contributed by atoms with Crippen LogP contribution in [0.25, 0.3) is 35.7 Å². The van der Waals surface area contributed by atoms with Crippen LogP contribution in [0.5, 0.6) is 0 Å². The number of anilines is 3. The monoisotopic (exact) mass is 605 g/mol. The van der Waals surface area contributed by atoms with Crippen molar-refractivity contribution in [1.29, 1.82) is 0 Å². The van der Waals surface area contributed by atoms with Crippen LogP contribution >= 0.6 is 0 Å². The van der Waals surface area contributed by atoms with E-state index in [1.165, 1.54) is 18.2 Å². The van der Waals surface area contributed by atoms with Crippen LogP contribution in [-0.4, -0.2) is 0 Å². The number of hydrogen-bond acceptors (Lipinski definition) is 1. The molecule has 0 aromatic heterocycles. The highest BCUT2D eigenvalue weighted by Gasteiger charge is 2.13. The molecular weight excluding hydrogens is 575 g/mol. The summed E-state index contributed by atoms with van der Waals surface area (Å²) in [6, 6.07) is 49.5.